The van der Waals surface area contributed by atoms with Gasteiger partial charge in [0.15, 0.2) is 0 Å². The normalized spacial score (nSPS) is 20.1. The van der Waals surface area contributed by atoms with Gasteiger partial charge < -0.3 is 10.1 Å². The summed E-state index contributed by atoms with van der Waals surface area (Å²) < 4.78 is 5.62. The Hall–Kier alpha value is -0.710. The highest BCUT2D eigenvalue weighted by atomic mass is 35.5. The van der Waals surface area contributed by atoms with Gasteiger partial charge in [-0.1, -0.05) is 0 Å². The zero-order chi connectivity index (χ0) is 10.3. The van der Waals surface area contributed by atoms with Gasteiger partial charge in [0, 0.05) is 18.9 Å². The molecule has 0 radical (unpaired) electrons. The number of piperidine rings is 1. The molecule has 90 valence electrons. The summed E-state index contributed by atoms with van der Waals surface area (Å²) in [5.74, 6) is 0.662. The first-order chi connectivity index (χ1) is 7.45. The van der Waals surface area contributed by atoms with Crippen molar-refractivity contribution in [3.63, 3.8) is 0 Å². The summed E-state index contributed by atoms with van der Waals surface area (Å²) in [5.41, 5.74) is 0.904. The zero-order valence-corrected chi connectivity index (χ0v) is 10.1. The molecule has 2 rings (SSSR count). The van der Waals surface area contributed by atoms with Gasteiger partial charge in [-0.2, -0.15) is 0 Å². The fourth-order valence-electron chi connectivity index (χ4n) is 1.80. The second-order valence-corrected chi connectivity index (χ2v) is 3.92. The van der Waals surface area contributed by atoms with Crippen molar-refractivity contribution in [2.45, 2.75) is 19.4 Å². The number of hydrogen-bond acceptors (Lipinski definition) is 4. The first-order valence-corrected chi connectivity index (χ1v) is 5.48. The Kier molecular flexibility index (Phi) is 6.30. The molecule has 0 amide bonds. The Bertz CT molecular complexity index is 278. The third-order valence-electron chi connectivity index (χ3n) is 2.62. The van der Waals surface area contributed by atoms with Crippen molar-refractivity contribution >= 4 is 12.4 Å². The maximum Gasteiger partial charge on any atom is 0.0903 e. The molecule has 4 nitrogen and oxygen atoms in total. The Morgan fingerprint density at radius 1 is 1.44 bits per heavy atom. The molecule has 1 aromatic rings. The first-order valence-electron chi connectivity index (χ1n) is 5.48. The van der Waals surface area contributed by atoms with E-state index in [2.05, 4.69) is 15.3 Å². The number of halogens is 1. The first kappa shape index (κ1) is 13.4. The second-order valence-electron chi connectivity index (χ2n) is 3.92. The highest BCUT2D eigenvalue weighted by Gasteiger charge is 2.12. The molecule has 16 heavy (non-hydrogen) atoms. The van der Waals surface area contributed by atoms with Crippen LogP contribution in [0.3, 0.4) is 0 Å². The van der Waals surface area contributed by atoms with Crippen molar-refractivity contribution in [3.8, 4) is 0 Å². The molecule has 1 fully saturated rings. The third kappa shape index (κ3) is 4.43. The van der Waals surface area contributed by atoms with Crippen molar-refractivity contribution in [2.75, 3.05) is 19.7 Å². The van der Waals surface area contributed by atoms with Gasteiger partial charge in [-0.15, -0.1) is 12.4 Å². The van der Waals surface area contributed by atoms with E-state index in [1.165, 1.54) is 12.8 Å². The van der Waals surface area contributed by atoms with E-state index in [0.717, 1.165) is 25.4 Å². The van der Waals surface area contributed by atoms with Crippen LogP contribution in [0.4, 0.5) is 0 Å². The molecule has 0 saturated carbocycles. The minimum absolute atomic E-state index is 0. The summed E-state index contributed by atoms with van der Waals surface area (Å²) >= 11 is 0. The minimum atomic E-state index is 0. The van der Waals surface area contributed by atoms with Crippen LogP contribution in [0.5, 0.6) is 0 Å². The fourth-order valence-corrected chi connectivity index (χ4v) is 1.80. The van der Waals surface area contributed by atoms with Crippen molar-refractivity contribution < 1.29 is 4.74 Å². The summed E-state index contributed by atoms with van der Waals surface area (Å²) in [6.45, 7) is 3.63. The van der Waals surface area contributed by atoms with Crippen molar-refractivity contribution in [3.05, 3.63) is 24.3 Å². The monoisotopic (exact) mass is 243 g/mol. The molecule has 1 N–H and O–H groups in total. The van der Waals surface area contributed by atoms with Crippen molar-refractivity contribution in [1.82, 2.24) is 15.3 Å². The maximum absolute atomic E-state index is 5.62. The summed E-state index contributed by atoms with van der Waals surface area (Å²) in [7, 11) is 0. The largest absolute Gasteiger partial charge is 0.375 e. The Morgan fingerprint density at radius 2 is 2.38 bits per heavy atom. The van der Waals surface area contributed by atoms with Crippen LogP contribution in [0.25, 0.3) is 0 Å². The SMILES string of the molecule is Cl.c1cnc(COCC2CCCNC2)cn1. The van der Waals surface area contributed by atoms with Gasteiger partial charge in [0.1, 0.15) is 0 Å². The molecule has 1 aliphatic rings. The smallest absolute Gasteiger partial charge is 0.0903 e. The van der Waals surface area contributed by atoms with Gasteiger partial charge in [0.05, 0.1) is 25.1 Å². The number of ether oxygens (including phenoxy) is 1. The van der Waals surface area contributed by atoms with Gasteiger partial charge in [0.25, 0.3) is 0 Å². The number of nitrogens with one attached hydrogen (secondary N) is 1. The molecule has 0 bridgehead atoms. The Morgan fingerprint density at radius 3 is 3.06 bits per heavy atom. The van der Waals surface area contributed by atoms with Gasteiger partial charge in [0.2, 0.25) is 0 Å². The average molecular weight is 244 g/mol. The quantitative estimate of drug-likeness (QED) is 0.869. The van der Waals surface area contributed by atoms with Crippen LogP contribution in [-0.4, -0.2) is 29.7 Å². The molecule has 2 heterocycles. The molecule has 1 aliphatic heterocycles. The standard InChI is InChI=1S/C11H17N3O.ClH/c1-2-10(6-12-3-1)8-15-9-11-7-13-4-5-14-11;/h4-5,7,10,12H,1-3,6,8-9H2;1H. The van der Waals surface area contributed by atoms with Crippen LogP contribution in [0.15, 0.2) is 18.6 Å². The van der Waals surface area contributed by atoms with Crippen LogP contribution in [0.1, 0.15) is 18.5 Å². The summed E-state index contributed by atoms with van der Waals surface area (Å²) in [6, 6.07) is 0. The number of aromatic nitrogens is 2. The van der Waals surface area contributed by atoms with E-state index < -0.39 is 0 Å². The van der Waals surface area contributed by atoms with Crippen LogP contribution in [0, 0.1) is 5.92 Å². The van der Waals surface area contributed by atoms with Gasteiger partial charge in [-0.05, 0) is 25.3 Å². The van der Waals surface area contributed by atoms with Crippen molar-refractivity contribution in [1.29, 1.82) is 0 Å². The van der Waals surface area contributed by atoms with E-state index in [0.29, 0.717) is 12.5 Å². The highest BCUT2D eigenvalue weighted by Crippen LogP contribution is 2.10. The summed E-state index contributed by atoms with van der Waals surface area (Å²) in [4.78, 5) is 8.15. The fraction of sp³-hybridized carbons (Fsp3) is 0.636. The van der Waals surface area contributed by atoms with Crippen LogP contribution >= 0.6 is 12.4 Å². The Labute approximate surface area is 102 Å². The lowest BCUT2D eigenvalue weighted by atomic mass is 10.0. The van der Waals surface area contributed by atoms with E-state index in [9.17, 15) is 0 Å². The third-order valence-corrected chi connectivity index (χ3v) is 2.62. The lowest BCUT2D eigenvalue weighted by Crippen LogP contribution is -2.32. The van der Waals surface area contributed by atoms with Gasteiger partial charge in [-0.3, -0.25) is 9.97 Å². The van der Waals surface area contributed by atoms with Crippen LogP contribution < -0.4 is 5.32 Å². The molecule has 0 spiro atoms. The molecule has 1 atom stereocenters. The van der Waals surface area contributed by atoms with E-state index in [-0.39, 0.29) is 12.4 Å². The Balaban J connectivity index is 0.00000128. The number of hydrogen-bond donors (Lipinski definition) is 1. The molecular formula is C11H18ClN3O. The lowest BCUT2D eigenvalue weighted by Gasteiger charge is -2.22. The van der Waals surface area contributed by atoms with Crippen LogP contribution in [0.2, 0.25) is 0 Å². The zero-order valence-electron chi connectivity index (χ0n) is 9.26. The van der Waals surface area contributed by atoms with E-state index >= 15 is 0 Å². The van der Waals surface area contributed by atoms with Crippen LogP contribution in [-0.2, 0) is 11.3 Å². The molecule has 1 unspecified atom stereocenters. The van der Waals surface area contributed by atoms with Gasteiger partial charge in [-0.25, -0.2) is 0 Å². The number of nitrogens with zero attached hydrogens (tertiary/aromatic N) is 2. The topological polar surface area (TPSA) is 47.0 Å². The molecule has 0 aliphatic carbocycles. The maximum atomic E-state index is 5.62. The molecule has 0 aromatic carbocycles. The average Bonchev–Trinajstić information content (AvgIpc) is 2.32. The molecule has 1 saturated heterocycles. The second kappa shape index (κ2) is 7.54. The predicted molar refractivity (Wildman–Crippen MR) is 64.5 cm³/mol. The molecular weight excluding hydrogens is 226 g/mol. The minimum Gasteiger partial charge on any atom is -0.375 e. The number of rotatable bonds is 4. The highest BCUT2D eigenvalue weighted by molar-refractivity contribution is 5.85. The summed E-state index contributed by atoms with van der Waals surface area (Å²) in [6.07, 6.45) is 7.65. The van der Waals surface area contributed by atoms with E-state index in [1.54, 1.807) is 18.6 Å². The lowest BCUT2D eigenvalue weighted by molar-refractivity contribution is 0.0761. The van der Waals surface area contributed by atoms with E-state index in [1.807, 2.05) is 0 Å². The van der Waals surface area contributed by atoms with Crippen molar-refractivity contribution in [2.24, 2.45) is 5.92 Å². The van der Waals surface area contributed by atoms with E-state index in [4.69, 9.17) is 4.74 Å². The molecule has 1 aromatic heterocycles. The predicted octanol–water partition coefficient (Wildman–Crippen LogP) is 1.41. The molecule has 5 heteroatoms. The van der Waals surface area contributed by atoms with Gasteiger partial charge >= 0.3 is 0 Å². The summed E-state index contributed by atoms with van der Waals surface area (Å²) in [5, 5.41) is 3.38.